The second-order valence-electron chi connectivity index (χ2n) is 5.62. The molecule has 0 aromatic heterocycles. The summed E-state index contributed by atoms with van der Waals surface area (Å²) in [6.45, 7) is 5.38. The SMILES string of the molecule is [CH2]C1([SiH](c2ccccc2)c2ccccc2)CCCCO1. The molecule has 0 amide bonds. The molecule has 0 aliphatic carbocycles. The number of hydrogen-bond acceptors (Lipinski definition) is 1. The Bertz CT molecular complexity index is 492. The molecule has 0 bridgehead atoms. The Morgan fingerprint density at radius 1 is 0.850 bits per heavy atom. The summed E-state index contributed by atoms with van der Waals surface area (Å²) in [7, 11) is -1.48. The maximum absolute atomic E-state index is 6.19. The van der Waals surface area contributed by atoms with E-state index in [0.29, 0.717) is 0 Å². The van der Waals surface area contributed by atoms with E-state index in [4.69, 9.17) is 4.74 Å². The van der Waals surface area contributed by atoms with Crippen LogP contribution in [-0.4, -0.2) is 20.6 Å². The van der Waals surface area contributed by atoms with Gasteiger partial charge in [-0.2, -0.15) is 0 Å². The van der Waals surface area contributed by atoms with Gasteiger partial charge in [0.15, 0.2) is 0 Å². The average Bonchev–Trinajstić information content (AvgIpc) is 2.50. The van der Waals surface area contributed by atoms with Gasteiger partial charge in [0.2, 0.25) is 0 Å². The highest BCUT2D eigenvalue weighted by molar-refractivity contribution is 6.87. The minimum atomic E-state index is -1.48. The largest absolute Gasteiger partial charge is 0.378 e. The lowest BCUT2D eigenvalue weighted by Crippen LogP contribution is -2.61. The molecule has 1 saturated heterocycles. The second-order valence-corrected chi connectivity index (χ2v) is 8.88. The Kier molecular flexibility index (Phi) is 4.04. The monoisotopic (exact) mass is 281 g/mol. The Morgan fingerprint density at radius 2 is 1.40 bits per heavy atom. The molecule has 0 N–H and O–H groups in total. The van der Waals surface area contributed by atoms with E-state index in [1.165, 1.54) is 23.2 Å². The van der Waals surface area contributed by atoms with E-state index >= 15 is 0 Å². The Balaban J connectivity index is 2.04. The highest BCUT2D eigenvalue weighted by Crippen LogP contribution is 2.26. The minimum Gasteiger partial charge on any atom is -0.378 e. The van der Waals surface area contributed by atoms with Gasteiger partial charge in [-0.15, -0.1) is 0 Å². The van der Waals surface area contributed by atoms with Crippen molar-refractivity contribution in [2.45, 2.75) is 24.5 Å². The molecular formula is C18H21OSi. The number of ether oxygens (including phenoxy) is 1. The maximum atomic E-state index is 6.19. The Labute approximate surface area is 123 Å². The summed E-state index contributed by atoms with van der Waals surface area (Å²) >= 11 is 0. The van der Waals surface area contributed by atoms with Gasteiger partial charge in [-0.1, -0.05) is 71.0 Å². The van der Waals surface area contributed by atoms with Crippen molar-refractivity contribution >= 4 is 19.2 Å². The lowest BCUT2D eigenvalue weighted by Gasteiger charge is -2.40. The van der Waals surface area contributed by atoms with E-state index in [9.17, 15) is 0 Å². The number of rotatable bonds is 3. The first kappa shape index (κ1) is 13.6. The minimum absolute atomic E-state index is 0.207. The van der Waals surface area contributed by atoms with Crippen LogP contribution in [0, 0.1) is 6.92 Å². The van der Waals surface area contributed by atoms with Crippen LogP contribution in [0.15, 0.2) is 60.7 Å². The molecule has 2 aromatic carbocycles. The molecule has 1 heterocycles. The van der Waals surface area contributed by atoms with Gasteiger partial charge < -0.3 is 4.74 Å². The van der Waals surface area contributed by atoms with Gasteiger partial charge in [-0.3, -0.25) is 0 Å². The first-order valence-corrected chi connectivity index (χ1v) is 9.12. The van der Waals surface area contributed by atoms with Crippen molar-refractivity contribution in [1.29, 1.82) is 0 Å². The lowest BCUT2D eigenvalue weighted by atomic mass is 10.1. The van der Waals surface area contributed by atoms with Crippen LogP contribution in [0.5, 0.6) is 0 Å². The molecule has 0 spiro atoms. The lowest BCUT2D eigenvalue weighted by molar-refractivity contribution is 0.00984. The van der Waals surface area contributed by atoms with E-state index in [2.05, 4.69) is 67.6 Å². The Morgan fingerprint density at radius 3 is 1.85 bits per heavy atom. The van der Waals surface area contributed by atoms with Crippen LogP contribution in [0.25, 0.3) is 0 Å². The maximum Gasteiger partial charge on any atom is 0.138 e. The summed E-state index contributed by atoms with van der Waals surface area (Å²) in [6.07, 6.45) is 3.47. The van der Waals surface area contributed by atoms with Crippen LogP contribution in [0.1, 0.15) is 19.3 Å². The van der Waals surface area contributed by atoms with Gasteiger partial charge in [0, 0.05) is 6.61 Å². The van der Waals surface area contributed by atoms with E-state index < -0.39 is 8.80 Å². The first-order chi connectivity index (χ1) is 9.80. The van der Waals surface area contributed by atoms with E-state index in [1.807, 2.05) is 0 Å². The second kappa shape index (κ2) is 5.94. The van der Waals surface area contributed by atoms with Crippen LogP contribution in [0.3, 0.4) is 0 Å². The normalized spacial score (nSPS) is 22.9. The Hall–Kier alpha value is -1.38. The zero-order chi connectivity index (χ0) is 13.8. The summed E-state index contributed by atoms with van der Waals surface area (Å²) in [6, 6.07) is 21.7. The van der Waals surface area contributed by atoms with Crippen molar-refractivity contribution in [3.63, 3.8) is 0 Å². The molecule has 0 saturated carbocycles. The average molecular weight is 281 g/mol. The third-order valence-electron chi connectivity index (χ3n) is 4.18. The van der Waals surface area contributed by atoms with Crippen molar-refractivity contribution < 1.29 is 4.74 Å². The van der Waals surface area contributed by atoms with E-state index in [-0.39, 0.29) is 5.22 Å². The smallest absolute Gasteiger partial charge is 0.138 e. The summed E-state index contributed by atoms with van der Waals surface area (Å²) in [5.41, 5.74) is 0. The number of hydrogen-bond donors (Lipinski definition) is 0. The summed E-state index contributed by atoms with van der Waals surface area (Å²) in [5.74, 6) is 0. The van der Waals surface area contributed by atoms with Gasteiger partial charge >= 0.3 is 0 Å². The molecule has 1 fully saturated rings. The fourth-order valence-corrected chi connectivity index (χ4v) is 6.78. The van der Waals surface area contributed by atoms with Gasteiger partial charge in [-0.25, -0.2) is 0 Å². The van der Waals surface area contributed by atoms with E-state index in [1.54, 1.807) is 0 Å². The molecule has 1 nitrogen and oxygen atoms in total. The predicted molar refractivity (Wildman–Crippen MR) is 87.2 cm³/mol. The predicted octanol–water partition coefficient (Wildman–Crippen LogP) is 2.34. The zero-order valence-corrected chi connectivity index (χ0v) is 12.9. The van der Waals surface area contributed by atoms with Gasteiger partial charge in [0.25, 0.3) is 0 Å². The summed E-state index contributed by atoms with van der Waals surface area (Å²) in [4.78, 5) is 0. The van der Waals surface area contributed by atoms with Crippen molar-refractivity contribution in [2.75, 3.05) is 6.61 Å². The molecule has 103 valence electrons. The van der Waals surface area contributed by atoms with Gasteiger partial charge in [0.05, 0.1) is 5.22 Å². The van der Waals surface area contributed by atoms with Crippen molar-refractivity contribution in [1.82, 2.24) is 0 Å². The molecule has 1 aliphatic rings. The highest BCUT2D eigenvalue weighted by atomic mass is 28.3. The van der Waals surface area contributed by atoms with Crippen LogP contribution in [-0.2, 0) is 4.74 Å². The van der Waals surface area contributed by atoms with Crippen molar-refractivity contribution in [3.05, 3.63) is 67.6 Å². The van der Waals surface area contributed by atoms with Crippen molar-refractivity contribution in [3.8, 4) is 0 Å². The fourth-order valence-electron chi connectivity index (χ4n) is 3.19. The molecular weight excluding hydrogens is 260 g/mol. The van der Waals surface area contributed by atoms with Crippen LogP contribution in [0.4, 0.5) is 0 Å². The topological polar surface area (TPSA) is 9.23 Å². The van der Waals surface area contributed by atoms with Gasteiger partial charge in [-0.05, 0) is 26.2 Å². The standard InChI is InChI=1S/C18H21OSi/c1-18(14-8-9-15-19-18)20(16-10-4-2-5-11-16)17-12-6-3-7-13-17/h2-7,10-13,20H,1,8-9,14-15H2. The molecule has 1 aliphatic heterocycles. The molecule has 3 rings (SSSR count). The number of benzene rings is 2. The first-order valence-electron chi connectivity index (χ1n) is 7.39. The molecule has 2 aromatic rings. The third kappa shape index (κ3) is 2.72. The quantitative estimate of drug-likeness (QED) is 0.785. The van der Waals surface area contributed by atoms with Crippen LogP contribution < -0.4 is 10.4 Å². The van der Waals surface area contributed by atoms with Gasteiger partial charge in [0.1, 0.15) is 8.80 Å². The third-order valence-corrected chi connectivity index (χ3v) is 7.79. The van der Waals surface area contributed by atoms with Crippen LogP contribution >= 0.6 is 0 Å². The van der Waals surface area contributed by atoms with Crippen LogP contribution in [0.2, 0.25) is 0 Å². The summed E-state index contributed by atoms with van der Waals surface area (Å²) in [5, 5.41) is 2.65. The fraction of sp³-hybridized carbons (Fsp3) is 0.278. The summed E-state index contributed by atoms with van der Waals surface area (Å²) < 4.78 is 6.19. The molecule has 1 radical (unpaired) electrons. The van der Waals surface area contributed by atoms with E-state index in [0.717, 1.165) is 13.0 Å². The molecule has 1 unspecified atom stereocenters. The molecule has 2 heteroatoms. The highest BCUT2D eigenvalue weighted by Gasteiger charge is 2.40. The molecule has 1 atom stereocenters. The zero-order valence-electron chi connectivity index (χ0n) is 11.8. The van der Waals surface area contributed by atoms with Crippen molar-refractivity contribution in [2.24, 2.45) is 0 Å². The molecule has 20 heavy (non-hydrogen) atoms.